The molecule has 0 spiro atoms. The van der Waals surface area contributed by atoms with Gasteiger partial charge in [-0.1, -0.05) is 6.07 Å². The Morgan fingerprint density at radius 3 is 2.38 bits per heavy atom. The quantitative estimate of drug-likeness (QED) is 0.409. The number of halogens is 1. The van der Waals surface area contributed by atoms with Gasteiger partial charge in [0.1, 0.15) is 5.82 Å². The standard InChI is InChI=1S/C6H4FNO2.CH2O2/c7-5-2-1-3-6(4-5)8(9)10;2-1-3/h1-4H;1H,(H,2,3). The van der Waals surface area contributed by atoms with E-state index < -0.39 is 10.7 Å². The maximum absolute atomic E-state index is 12.2. The third-order valence-corrected chi connectivity index (χ3v) is 1.02. The van der Waals surface area contributed by atoms with Crippen molar-refractivity contribution in [3.8, 4) is 0 Å². The summed E-state index contributed by atoms with van der Waals surface area (Å²) >= 11 is 0. The summed E-state index contributed by atoms with van der Waals surface area (Å²) < 4.78 is 12.2. The minimum Gasteiger partial charge on any atom is -0.483 e. The van der Waals surface area contributed by atoms with Gasteiger partial charge in [-0.15, -0.1) is 0 Å². The van der Waals surface area contributed by atoms with E-state index in [0.29, 0.717) is 0 Å². The second-order valence-corrected chi connectivity index (χ2v) is 1.84. The molecule has 13 heavy (non-hydrogen) atoms. The molecule has 70 valence electrons. The molecule has 0 aliphatic carbocycles. The summed E-state index contributed by atoms with van der Waals surface area (Å²) in [6, 6.07) is 4.57. The first-order valence-electron chi connectivity index (χ1n) is 3.09. The number of nitro groups is 1. The Kier molecular flexibility index (Phi) is 4.78. The van der Waals surface area contributed by atoms with Crippen molar-refractivity contribution >= 4 is 12.2 Å². The van der Waals surface area contributed by atoms with Crippen LogP contribution >= 0.6 is 0 Å². The molecule has 5 nitrogen and oxygen atoms in total. The van der Waals surface area contributed by atoms with Crippen LogP contribution in [0.4, 0.5) is 10.1 Å². The summed E-state index contributed by atoms with van der Waals surface area (Å²) in [5, 5.41) is 16.9. The lowest BCUT2D eigenvalue weighted by Crippen LogP contribution is -1.87. The highest BCUT2D eigenvalue weighted by molar-refractivity contribution is 5.32. The van der Waals surface area contributed by atoms with E-state index in [0.717, 1.165) is 12.1 Å². The van der Waals surface area contributed by atoms with Crippen molar-refractivity contribution in [3.63, 3.8) is 0 Å². The van der Waals surface area contributed by atoms with E-state index in [1.54, 1.807) is 0 Å². The number of carbonyl (C=O) groups is 1. The first-order valence-corrected chi connectivity index (χ1v) is 3.09. The number of carboxylic acid groups (broad SMARTS) is 1. The average molecular weight is 187 g/mol. The lowest BCUT2D eigenvalue weighted by molar-refractivity contribution is -0.385. The lowest BCUT2D eigenvalue weighted by Gasteiger charge is -1.88. The number of hydrogen-bond acceptors (Lipinski definition) is 3. The number of hydrogen-bond donors (Lipinski definition) is 1. The van der Waals surface area contributed by atoms with Crippen LogP contribution in [0.2, 0.25) is 0 Å². The zero-order valence-corrected chi connectivity index (χ0v) is 6.38. The van der Waals surface area contributed by atoms with Crippen molar-refractivity contribution < 1.29 is 19.2 Å². The van der Waals surface area contributed by atoms with Crippen LogP contribution in [0, 0.1) is 15.9 Å². The molecule has 0 unspecified atom stereocenters. The summed E-state index contributed by atoms with van der Waals surface area (Å²) in [6.07, 6.45) is 0. The van der Waals surface area contributed by atoms with Crippen LogP contribution in [-0.2, 0) is 4.79 Å². The second-order valence-electron chi connectivity index (χ2n) is 1.84. The van der Waals surface area contributed by atoms with Crippen LogP contribution in [0.1, 0.15) is 0 Å². The Hall–Kier alpha value is -1.98. The topological polar surface area (TPSA) is 80.4 Å². The predicted molar refractivity (Wildman–Crippen MR) is 41.7 cm³/mol. The number of non-ortho nitro benzene ring substituents is 1. The Morgan fingerprint density at radius 2 is 2.08 bits per heavy atom. The molecule has 0 saturated carbocycles. The fourth-order valence-electron chi connectivity index (χ4n) is 0.590. The van der Waals surface area contributed by atoms with Crippen molar-refractivity contribution in [2.75, 3.05) is 0 Å². The molecule has 0 atom stereocenters. The first kappa shape index (κ1) is 11.0. The molecule has 0 amide bonds. The Balaban J connectivity index is 0.000000424. The van der Waals surface area contributed by atoms with Crippen molar-refractivity contribution in [3.05, 3.63) is 40.2 Å². The summed E-state index contributed by atoms with van der Waals surface area (Å²) in [4.78, 5) is 17.7. The van der Waals surface area contributed by atoms with Crippen molar-refractivity contribution in [1.29, 1.82) is 0 Å². The number of rotatable bonds is 1. The van der Waals surface area contributed by atoms with Gasteiger partial charge in [-0.3, -0.25) is 14.9 Å². The van der Waals surface area contributed by atoms with E-state index in [4.69, 9.17) is 9.90 Å². The van der Waals surface area contributed by atoms with Gasteiger partial charge in [0.2, 0.25) is 0 Å². The molecule has 0 aromatic heterocycles. The van der Waals surface area contributed by atoms with Gasteiger partial charge in [-0.25, -0.2) is 4.39 Å². The fourth-order valence-corrected chi connectivity index (χ4v) is 0.590. The minimum atomic E-state index is -0.636. The van der Waals surface area contributed by atoms with Crippen molar-refractivity contribution in [1.82, 2.24) is 0 Å². The Labute approximate surface area is 72.6 Å². The maximum Gasteiger partial charge on any atom is 0.290 e. The fraction of sp³-hybridized carbons (Fsp3) is 0. The molecule has 0 bridgehead atoms. The van der Waals surface area contributed by atoms with Crippen molar-refractivity contribution in [2.45, 2.75) is 0 Å². The summed E-state index contributed by atoms with van der Waals surface area (Å²) in [7, 11) is 0. The zero-order valence-electron chi connectivity index (χ0n) is 6.38. The molecule has 1 rings (SSSR count). The van der Waals surface area contributed by atoms with E-state index in [1.807, 2.05) is 0 Å². The van der Waals surface area contributed by atoms with Gasteiger partial charge in [0.15, 0.2) is 0 Å². The van der Waals surface area contributed by atoms with Crippen LogP contribution in [0.25, 0.3) is 0 Å². The lowest BCUT2D eigenvalue weighted by atomic mass is 10.3. The van der Waals surface area contributed by atoms with Crippen LogP contribution in [-0.4, -0.2) is 16.5 Å². The highest BCUT2D eigenvalue weighted by Crippen LogP contribution is 2.10. The Morgan fingerprint density at radius 1 is 1.54 bits per heavy atom. The average Bonchev–Trinajstić information content (AvgIpc) is 2.05. The summed E-state index contributed by atoms with van der Waals surface area (Å²) in [5.74, 6) is -0.589. The molecule has 1 aromatic rings. The maximum atomic E-state index is 12.2. The van der Waals surface area contributed by atoms with E-state index in [2.05, 4.69) is 0 Å². The van der Waals surface area contributed by atoms with Gasteiger partial charge in [-0.2, -0.15) is 0 Å². The van der Waals surface area contributed by atoms with Crippen molar-refractivity contribution in [2.24, 2.45) is 0 Å². The van der Waals surface area contributed by atoms with Crippen LogP contribution in [0.5, 0.6) is 0 Å². The number of nitrogens with zero attached hydrogens (tertiary/aromatic N) is 1. The molecular weight excluding hydrogens is 181 g/mol. The SMILES string of the molecule is O=CO.O=[N+]([O-])c1cccc(F)c1. The molecule has 0 fully saturated rings. The van der Waals surface area contributed by atoms with Crippen LogP contribution in [0.15, 0.2) is 24.3 Å². The first-order chi connectivity index (χ1) is 6.11. The van der Waals surface area contributed by atoms with E-state index >= 15 is 0 Å². The highest BCUT2D eigenvalue weighted by Gasteiger charge is 2.03. The van der Waals surface area contributed by atoms with Crippen LogP contribution in [0.3, 0.4) is 0 Å². The summed E-state index contributed by atoms with van der Waals surface area (Å²) in [5.41, 5.74) is -0.222. The molecular formula is C7H6FNO4. The molecule has 0 aliphatic rings. The number of nitro benzene ring substituents is 1. The third-order valence-electron chi connectivity index (χ3n) is 1.02. The number of benzene rings is 1. The summed E-state index contributed by atoms with van der Waals surface area (Å²) in [6.45, 7) is -0.250. The van der Waals surface area contributed by atoms with Gasteiger partial charge in [0, 0.05) is 6.07 Å². The Bertz CT molecular complexity index is 302. The van der Waals surface area contributed by atoms with Gasteiger partial charge >= 0.3 is 0 Å². The molecule has 1 aromatic carbocycles. The van der Waals surface area contributed by atoms with Gasteiger partial charge in [0.25, 0.3) is 12.2 Å². The van der Waals surface area contributed by atoms with E-state index in [1.165, 1.54) is 12.1 Å². The van der Waals surface area contributed by atoms with Gasteiger partial charge in [0.05, 0.1) is 11.0 Å². The molecule has 6 heteroatoms. The monoisotopic (exact) mass is 187 g/mol. The van der Waals surface area contributed by atoms with E-state index in [9.17, 15) is 14.5 Å². The largest absolute Gasteiger partial charge is 0.483 e. The predicted octanol–water partition coefficient (Wildman–Crippen LogP) is 1.43. The highest BCUT2D eigenvalue weighted by atomic mass is 19.1. The minimum absolute atomic E-state index is 0.222. The van der Waals surface area contributed by atoms with Crippen LogP contribution < -0.4 is 0 Å². The van der Waals surface area contributed by atoms with Gasteiger partial charge in [-0.05, 0) is 6.07 Å². The molecule has 0 radical (unpaired) electrons. The molecule has 0 heterocycles. The molecule has 0 aliphatic heterocycles. The third kappa shape index (κ3) is 4.46. The normalized spacial score (nSPS) is 8.08. The smallest absolute Gasteiger partial charge is 0.290 e. The zero-order chi connectivity index (χ0) is 10.3. The van der Waals surface area contributed by atoms with Gasteiger partial charge < -0.3 is 5.11 Å². The van der Waals surface area contributed by atoms with E-state index in [-0.39, 0.29) is 12.2 Å². The second kappa shape index (κ2) is 5.64. The molecule has 0 saturated heterocycles. The molecule has 1 N–H and O–H groups in total.